The number of hydrogen-bond donors (Lipinski definition) is 0. The van der Waals surface area contributed by atoms with Gasteiger partial charge < -0.3 is 14.2 Å². The highest BCUT2D eigenvalue weighted by Crippen LogP contribution is 2.49. The first kappa shape index (κ1) is 30.3. The van der Waals surface area contributed by atoms with Gasteiger partial charge in [-0.25, -0.2) is 14.8 Å². The first-order valence-electron chi connectivity index (χ1n) is 14.6. The highest BCUT2D eigenvalue weighted by atomic mass is 16.7. The third-order valence-corrected chi connectivity index (χ3v) is 7.72. The number of benzene rings is 4. The first-order valence-corrected chi connectivity index (χ1v) is 14.6. The molecule has 3 atom stereocenters. The Labute approximate surface area is 263 Å². The molecule has 2 heterocycles. The summed E-state index contributed by atoms with van der Waals surface area (Å²) >= 11 is 0. The maximum Gasteiger partial charge on any atom is 0.343 e. The summed E-state index contributed by atoms with van der Waals surface area (Å²) in [6.07, 6.45) is -0.385. The van der Waals surface area contributed by atoms with Crippen LogP contribution in [-0.2, 0) is 14.4 Å². The zero-order valence-electron chi connectivity index (χ0n) is 24.9. The number of esters is 1. The van der Waals surface area contributed by atoms with E-state index in [4.69, 9.17) is 19.0 Å². The number of non-ortho nitro benzene ring substituents is 1. The van der Waals surface area contributed by atoms with E-state index >= 15 is 0 Å². The molecule has 4 aromatic carbocycles. The molecule has 0 aliphatic carbocycles. The Kier molecular flexibility index (Phi) is 8.36. The van der Waals surface area contributed by atoms with E-state index in [1.807, 2.05) is 6.92 Å². The maximum atomic E-state index is 14.1. The van der Waals surface area contributed by atoms with Crippen molar-refractivity contribution in [3.05, 3.63) is 118 Å². The van der Waals surface area contributed by atoms with Gasteiger partial charge in [0.2, 0.25) is 5.91 Å². The zero-order valence-corrected chi connectivity index (χ0v) is 24.9. The minimum atomic E-state index is -1.21. The lowest BCUT2D eigenvalue weighted by Gasteiger charge is -2.29. The third kappa shape index (κ3) is 5.61. The molecule has 2 aliphatic rings. The second-order valence-corrected chi connectivity index (χ2v) is 10.6. The van der Waals surface area contributed by atoms with Gasteiger partial charge in [0.25, 0.3) is 11.6 Å². The summed E-state index contributed by atoms with van der Waals surface area (Å²) in [5.74, 6) is -1.75. The lowest BCUT2D eigenvalue weighted by atomic mass is 9.90. The van der Waals surface area contributed by atoms with Crippen LogP contribution in [0.1, 0.15) is 35.3 Å². The Balaban J connectivity index is 1.37. The number of nitro benzene ring substituents is 1. The molecule has 12 heteroatoms. The van der Waals surface area contributed by atoms with Gasteiger partial charge in [-0.15, -0.1) is 0 Å². The van der Waals surface area contributed by atoms with Gasteiger partial charge in [-0.3, -0.25) is 24.5 Å². The number of nitro groups is 1. The van der Waals surface area contributed by atoms with Crippen LogP contribution in [0.3, 0.4) is 0 Å². The van der Waals surface area contributed by atoms with Crippen molar-refractivity contribution in [1.82, 2.24) is 0 Å². The lowest BCUT2D eigenvalue weighted by molar-refractivity contribution is -0.384. The molecule has 6 rings (SSSR count). The largest absolute Gasteiger partial charge is 0.494 e. The Morgan fingerprint density at radius 2 is 1.65 bits per heavy atom. The second-order valence-electron chi connectivity index (χ2n) is 10.6. The predicted octanol–water partition coefficient (Wildman–Crippen LogP) is 5.66. The molecule has 2 aliphatic heterocycles. The Morgan fingerprint density at radius 3 is 2.35 bits per heavy atom. The molecule has 2 fully saturated rings. The van der Waals surface area contributed by atoms with E-state index in [0.717, 1.165) is 11.3 Å². The summed E-state index contributed by atoms with van der Waals surface area (Å²) in [7, 11) is 1.41. The Hall–Kier alpha value is -5.75. The zero-order chi connectivity index (χ0) is 32.4. The van der Waals surface area contributed by atoms with Crippen LogP contribution in [0.15, 0.2) is 97.1 Å². The number of hydroxylamine groups is 1. The number of rotatable bonds is 10. The minimum Gasteiger partial charge on any atom is -0.494 e. The van der Waals surface area contributed by atoms with Gasteiger partial charge in [-0.2, -0.15) is 0 Å². The molecule has 2 saturated heterocycles. The molecular formula is C34H29N3O9. The molecule has 46 heavy (non-hydrogen) atoms. The van der Waals surface area contributed by atoms with E-state index in [9.17, 15) is 24.5 Å². The summed E-state index contributed by atoms with van der Waals surface area (Å²) in [6, 6.07) is 24.7. The van der Waals surface area contributed by atoms with Crippen LogP contribution >= 0.6 is 0 Å². The summed E-state index contributed by atoms with van der Waals surface area (Å²) in [5.41, 5.74) is 1.27. The van der Waals surface area contributed by atoms with Crippen LogP contribution in [0.4, 0.5) is 17.1 Å². The second kappa shape index (κ2) is 12.7. The van der Waals surface area contributed by atoms with Crippen LogP contribution in [0.5, 0.6) is 17.2 Å². The summed E-state index contributed by atoms with van der Waals surface area (Å²) in [4.78, 5) is 58.9. The van der Waals surface area contributed by atoms with Gasteiger partial charge in [-0.05, 0) is 66.6 Å². The van der Waals surface area contributed by atoms with Gasteiger partial charge in [0.1, 0.15) is 11.7 Å². The van der Waals surface area contributed by atoms with Crippen molar-refractivity contribution in [2.45, 2.75) is 25.5 Å². The minimum absolute atomic E-state index is 0.137. The Bertz CT molecular complexity index is 1800. The van der Waals surface area contributed by atoms with Crippen molar-refractivity contribution in [2.75, 3.05) is 23.7 Å². The first-order chi connectivity index (χ1) is 22.3. The number of anilines is 2. The highest BCUT2D eigenvalue weighted by molar-refractivity contribution is 6.24. The smallest absolute Gasteiger partial charge is 0.343 e. The molecule has 0 radical (unpaired) electrons. The maximum absolute atomic E-state index is 14.1. The fourth-order valence-electron chi connectivity index (χ4n) is 5.57. The van der Waals surface area contributed by atoms with Crippen molar-refractivity contribution in [3.8, 4) is 17.2 Å². The van der Waals surface area contributed by atoms with Gasteiger partial charge in [-0.1, -0.05) is 37.3 Å². The van der Waals surface area contributed by atoms with E-state index in [0.29, 0.717) is 29.2 Å². The molecule has 0 bridgehead atoms. The van der Waals surface area contributed by atoms with E-state index < -0.39 is 40.8 Å². The monoisotopic (exact) mass is 623 g/mol. The van der Waals surface area contributed by atoms with Gasteiger partial charge in [0.05, 0.1) is 41.6 Å². The van der Waals surface area contributed by atoms with E-state index in [-0.39, 0.29) is 22.9 Å². The third-order valence-electron chi connectivity index (χ3n) is 7.72. The van der Waals surface area contributed by atoms with Crippen LogP contribution in [0.25, 0.3) is 0 Å². The average Bonchev–Trinajstić information content (AvgIpc) is 3.59. The van der Waals surface area contributed by atoms with Gasteiger partial charge in [0, 0.05) is 12.1 Å². The number of methoxy groups -OCH3 is 1. The molecule has 12 nitrogen and oxygen atoms in total. The average molecular weight is 624 g/mol. The van der Waals surface area contributed by atoms with Crippen molar-refractivity contribution in [1.29, 1.82) is 0 Å². The standard InChI is InChI=1S/C34H29N3O9/c1-3-18-44-26-15-13-23(14-16-26)35-32(38)29-30(36(46-31(29)33(35)39)24-10-7-11-25(20-24)37(41)42)22-12-17-27(28(19-22)43-2)45-34(40)21-8-5-4-6-9-21/h4-17,19-20,29-31H,3,18H2,1-2H3/t29-,30-,31+/m0/s1. The van der Waals surface area contributed by atoms with E-state index in [1.165, 1.54) is 36.4 Å². The van der Waals surface area contributed by atoms with Crippen molar-refractivity contribution in [3.63, 3.8) is 0 Å². The Morgan fingerprint density at radius 1 is 0.891 bits per heavy atom. The quantitative estimate of drug-likeness (QED) is 0.0715. The number of ether oxygens (including phenoxy) is 3. The lowest BCUT2D eigenvalue weighted by Crippen LogP contribution is -2.37. The molecule has 0 unspecified atom stereocenters. The predicted molar refractivity (Wildman–Crippen MR) is 166 cm³/mol. The van der Waals surface area contributed by atoms with Crippen molar-refractivity contribution in [2.24, 2.45) is 5.92 Å². The van der Waals surface area contributed by atoms with Crippen LogP contribution < -0.4 is 24.2 Å². The van der Waals surface area contributed by atoms with Crippen LogP contribution in [-0.4, -0.2) is 42.5 Å². The number of nitrogens with zero attached hydrogens (tertiary/aromatic N) is 3. The summed E-state index contributed by atoms with van der Waals surface area (Å²) in [5, 5.41) is 12.9. The normalized spacial score (nSPS) is 18.8. The molecule has 0 saturated carbocycles. The van der Waals surface area contributed by atoms with E-state index in [1.54, 1.807) is 72.8 Å². The summed E-state index contributed by atoms with van der Waals surface area (Å²) < 4.78 is 16.8. The SMILES string of the molecule is CCCOc1ccc(N2C(=O)[C@@H]3[C@@H](ON(c4cccc([N+](=O)[O-])c4)[C@H]3c3ccc(OC(=O)c4ccccc4)c(OC)c3)C2=O)cc1. The van der Waals surface area contributed by atoms with E-state index in [2.05, 4.69) is 0 Å². The number of hydrogen-bond acceptors (Lipinski definition) is 10. The van der Waals surface area contributed by atoms with Crippen molar-refractivity contribution >= 4 is 34.8 Å². The fraction of sp³-hybridized carbons (Fsp3) is 0.206. The highest BCUT2D eigenvalue weighted by Gasteiger charge is 2.60. The molecule has 0 spiro atoms. The molecule has 0 N–H and O–H groups in total. The van der Waals surface area contributed by atoms with Gasteiger partial charge >= 0.3 is 5.97 Å². The molecule has 2 amide bonds. The van der Waals surface area contributed by atoms with Crippen LogP contribution in [0.2, 0.25) is 0 Å². The molecule has 234 valence electrons. The van der Waals surface area contributed by atoms with Gasteiger partial charge in [0.15, 0.2) is 17.6 Å². The topological polar surface area (TPSA) is 138 Å². The molecule has 0 aromatic heterocycles. The molecule has 4 aromatic rings. The number of imide groups is 1. The fourth-order valence-corrected chi connectivity index (χ4v) is 5.57. The summed E-state index contributed by atoms with van der Waals surface area (Å²) in [6.45, 7) is 2.52. The number of carbonyl (C=O) groups excluding carboxylic acids is 3. The molecular weight excluding hydrogens is 594 g/mol. The van der Waals surface area contributed by atoms with Crippen molar-refractivity contribution < 1.29 is 38.4 Å². The number of amides is 2. The number of carbonyl (C=O) groups is 3. The van der Waals surface area contributed by atoms with Crippen LogP contribution in [0, 0.1) is 16.0 Å². The number of fused-ring (bicyclic) bond motifs is 1.